The number of aryl methyl sites for hydroxylation is 1. The number of nitrogens with one attached hydrogen (secondary N) is 2. The van der Waals surface area contributed by atoms with E-state index in [0.29, 0.717) is 30.2 Å². The number of carbonyl (C=O) groups excluding carboxylic acids is 2. The summed E-state index contributed by atoms with van der Waals surface area (Å²) in [5.74, 6) is 1.42. The number of rotatable bonds is 3. The lowest BCUT2D eigenvalue weighted by Crippen LogP contribution is -2.29. The fraction of sp³-hybridized carbons (Fsp3) is 0.364. The number of hydrogen-bond acceptors (Lipinski definition) is 4. The second-order valence-corrected chi connectivity index (χ2v) is 7.83. The zero-order valence-electron chi connectivity index (χ0n) is 17.2. The fourth-order valence-corrected chi connectivity index (χ4v) is 4.41. The topological polar surface area (TPSA) is 82.6 Å². The van der Waals surface area contributed by atoms with Crippen LogP contribution in [0.2, 0.25) is 0 Å². The van der Waals surface area contributed by atoms with Crippen LogP contribution in [0, 0.1) is 0 Å². The summed E-state index contributed by atoms with van der Waals surface area (Å²) in [7, 11) is 3.57. The maximum Gasteiger partial charge on any atom is 0.270 e. The van der Waals surface area contributed by atoms with Crippen LogP contribution in [0.3, 0.4) is 0 Å². The van der Waals surface area contributed by atoms with Gasteiger partial charge in [-0.05, 0) is 31.0 Å². The molecule has 1 saturated heterocycles. The van der Waals surface area contributed by atoms with Crippen molar-refractivity contribution >= 4 is 34.2 Å². The van der Waals surface area contributed by atoms with Crippen LogP contribution in [0.15, 0.2) is 30.5 Å². The summed E-state index contributed by atoms with van der Waals surface area (Å²) >= 11 is 0. The summed E-state index contributed by atoms with van der Waals surface area (Å²) in [5.41, 5.74) is 3.18. The number of anilines is 2. The molecule has 2 aliphatic heterocycles. The highest BCUT2D eigenvalue weighted by Gasteiger charge is 2.28. The van der Waals surface area contributed by atoms with Gasteiger partial charge in [0.05, 0.1) is 17.6 Å². The van der Waals surface area contributed by atoms with Gasteiger partial charge in [-0.15, -0.1) is 0 Å². The van der Waals surface area contributed by atoms with E-state index in [1.54, 1.807) is 7.05 Å². The third-order valence-electron chi connectivity index (χ3n) is 5.99. The van der Waals surface area contributed by atoms with Crippen molar-refractivity contribution in [1.82, 2.24) is 19.8 Å². The van der Waals surface area contributed by atoms with E-state index in [-0.39, 0.29) is 11.8 Å². The zero-order valence-corrected chi connectivity index (χ0v) is 17.2. The lowest BCUT2D eigenvalue weighted by molar-refractivity contribution is 0.0787. The Hall–Kier alpha value is -3.42. The number of nitrogens with zero attached hydrogens (tertiary/aromatic N) is 3. The minimum atomic E-state index is -0.101. The Morgan fingerprint density at radius 2 is 1.93 bits per heavy atom. The Kier molecular flexibility index (Phi) is 4.42. The van der Waals surface area contributed by atoms with E-state index in [1.165, 1.54) is 0 Å². The Bertz CT molecular complexity index is 1140. The van der Waals surface area contributed by atoms with Crippen molar-refractivity contribution in [3.8, 4) is 5.75 Å². The monoisotopic (exact) mass is 407 g/mol. The first-order valence-corrected chi connectivity index (χ1v) is 10.3. The molecule has 3 aromatic rings. The highest BCUT2D eigenvalue weighted by Crippen LogP contribution is 2.38. The molecule has 0 atom stereocenters. The van der Waals surface area contributed by atoms with Crippen molar-refractivity contribution < 1.29 is 14.3 Å². The first kappa shape index (κ1) is 18.6. The SMILES string of the molecule is CNC(=O)c1cn(C)c2cc(N3CCOc4cc(C(=O)N5CCCC5)[nH]c43)ccc12. The molecule has 30 heavy (non-hydrogen) atoms. The highest BCUT2D eigenvalue weighted by molar-refractivity contribution is 6.07. The Balaban J connectivity index is 1.51. The molecular weight excluding hydrogens is 382 g/mol. The number of carbonyl (C=O) groups is 2. The van der Waals surface area contributed by atoms with Gasteiger partial charge in [0.25, 0.3) is 11.8 Å². The van der Waals surface area contributed by atoms with Crippen LogP contribution < -0.4 is 15.0 Å². The third-order valence-corrected chi connectivity index (χ3v) is 5.99. The van der Waals surface area contributed by atoms with E-state index >= 15 is 0 Å². The molecule has 1 aromatic carbocycles. The predicted octanol–water partition coefficient (Wildman–Crippen LogP) is 2.63. The number of amides is 2. The largest absolute Gasteiger partial charge is 0.488 e. The molecule has 2 aliphatic rings. The van der Waals surface area contributed by atoms with E-state index in [2.05, 4.69) is 21.3 Å². The van der Waals surface area contributed by atoms with Gasteiger partial charge in [0, 0.05) is 50.5 Å². The van der Waals surface area contributed by atoms with Crippen LogP contribution in [0.4, 0.5) is 11.5 Å². The molecule has 5 rings (SSSR count). The summed E-state index contributed by atoms with van der Waals surface area (Å²) < 4.78 is 7.79. The lowest BCUT2D eigenvalue weighted by atomic mass is 10.1. The molecule has 2 aromatic heterocycles. The van der Waals surface area contributed by atoms with Crippen LogP contribution in [-0.2, 0) is 7.05 Å². The van der Waals surface area contributed by atoms with Crippen molar-refractivity contribution in [3.63, 3.8) is 0 Å². The minimum absolute atomic E-state index is 0.0264. The van der Waals surface area contributed by atoms with Gasteiger partial charge in [-0.25, -0.2) is 0 Å². The molecule has 0 aliphatic carbocycles. The van der Waals surface area contributed by atoms with Crippen molar-refractivity contribution in [3.05, 3.63) is 41.7 Å². The Morgan fingerprint density at radius 1 is 1.13 bits per heavy atom. The summed E-state index contributed by atoms with van der Waals surface area (Å²) in [5, 5.41) is 3.60. The second kappa shape index (κ2) is 7.12. The minimum Gasteiger partial charge on any atom is -0.488 e. The van der Waals surface area contributed by atoms with E-state index in [9.17, 15) is 9.59 Å². The van der Waals surface area contributed by atoms with Gasteiger partial charge in [-0.2, -0.15) is 0 Å². The average molecular weight is 407 g/mol. The lowest BCUT2D eigenvalue weighted by Gasteiger charge is -2.29. The van der Waals surface area contributed by atoms with Crippen LogP contribution in [0.25, 0.3) is 10.9 Å². The van der Waals surface area contributed by atoms with Gasteiger partial charge in [0.15, 0.2) is 11.6 Å². The Labute approximate surface area is 174 Å². The summed E-state index contributed by atoms with van der Waals surface area (Å²) in [6, 6.07) is 7.86. The molecule has 1 fully saturated rings. The van der Waals surface area contributed by atoms with Gasteiger partial charge in [0.2, 0.25) is 0 Å². The smallest absolute Gasteiger partial charge is 0.270 e. The molecule has 0 bridgehead atoms. The molecule has 8 heteroatoms. The van der Waals surface area contributed by atoms with Gasteiger partial charge < -0.3 is 29.4 Å². The van der Waals surface area contributed by atoms with Crippen LogP contribution >= 0.6 is 0 Å². The third kappa shape index (κ3) is 2.91. The fourth-order valence-electron chi connectivity index (χ4n) is 4.41. The summed E-state index contributed by atoms with van der Waals surface area (Å²) in [4.78, 5) is 32.3. The molecule has 156 valence electrons. The molecule has 0 unspecified atom stereocenters. The quantitative estimate of drug-likeness (QED) is 0.699. The first-order valence-electron chi connectivity index (χ1n) is 10.3. The molecule has 2 N–H and O–H groups in total. The van der Waals surface area contributed by atoms with Gasteiger partial charge in [-0.3, -0.25) is 9.59 Å². The van der Waals surface area contributed by atoms with Crippen molar-refractivity contribution in [2.75, 3.05) is 38.2 Å². The summed E-state index contributed by atoms with van der Waals surface area (Å²) in [6.07, 6.45) is 3.96. The number of hydrogen-bond donors (Lipinski definition) is 2. The summed E-state index contributed by atoms with van der Waals surface area (Å²) in [6.45, 7) is 2.83. The van der Waals surface area contributed by atoms with Crippen molar-refractivity contribution in [2.45, 2.75) is 12.8 Å². The van der Waals surface area contributed by atoms with E-state index in [1.807, 2.05) is 40.9 Å². The average Bonchev–Trinajstić information content (AvgIpc) is 3.51. The van der Waals surface area contributed by atoms with E-state index in [0.717, 1.165) is 48.3 Å². The molecule has 0 saturated carbocycles. The number of aromatic nitrogens is 2. The van der Waals surface area contributed by atoms with Crippen molar-refractivity contribution in [2.24, 2.45) is 7.05 Å². The predicted molar refractivity (Wildman–Crippen MR) is 115 cm³/mol. The highest BCUT2D eigenvalue weighted by atomic mass is 16.5. The Morgan fingerprint density at radius 3 is 2.70 bits per heavy atom. The molecular formula is C22H25N5O3. The molecule has 4 heterocycles. The maximum atomic E-state index is 12.8. The normalized spacial score (nSPS) is 15.9. The molecule has 2 amide bonds. The van der Waals surface area contributed by atoms with E-state index < -0.39 is 0 Å². The van der Waals surface area contributed by atoms with Gasteiger partial charge >= 0.3 is 0 Å². The number of fused-ring (bicyclic) bond motifs is 2. The standard InChI is InChI=1S/C22H25N5O3/c1-23-21(28)16-13-25(2)18-11-14(5-6-15(16)18)27-9-10-30-19-12-17(24-20(19)27)22(29)26-7-3-4-8-26/h5-6,11-13,24H,3-4,7-10H2,1-2H3,(H,23,28). The number of aromatic amines is 1. The molecule has 8 nitrogen and oxygen atoms in total. The number of ether oxygens (including phenoxy) is 1. The van der Waals surface area contributed by atoms with Gasteiger partial charge in [-0.1, -0.05) is 0 Å². The molecule has 0 spiro atoms. The van der Waals surface area contributed by atoms with Crippen LogP contribution in [0.1, 0.15) is 33.7 Å². The first-order chi connectivity index (χ1) is 14.6. The maximum absolute atomic E-state index is 12.8. The van der Waals surface area contributed by atoms with E-state index in [4.69, 9.17) is 4.74 Å². The number of H-pyrrole nitrogens is 1. The second-order valence-electron chi connectivity index (χ2n) is 7.83. The van der Waals surface area contributed by atoms with Crippen molar-refractivity contribution in [1.29, 1.82) is 0 Å². The van der Waals surface area contributed by atoms with Crippen LogP contribution in [0.5, 0.6) is 5.75 Å². The zero-order chi connectivity index (χ0) is 20.8. The van der Waals surface area contributed by atoms with Gasteiger partial charge in [0.1, 0.15) is 12.3 Å². The number of likely N-dealkylation sites (tertiary alicyclic amines) is 1. The van der Waals surface area contributed by atoms with Crippen LogP contribution in [-0.4, -0.2) is 59.6 Å². The number of benzene rings is 1. The molecule has 0 radical (unpaired) electrons.